The van der Waals surface area contributed by atoms with E-state index in [0.29, 0.717) is 17.0 Å². The Labute approximate surface area is 108 Å². The Morgan fingerprint density at radius 3 is 2.72 bits per heavy atom. The monoisotopic (exact) mass is 257 g/mol. The summed E-state index contributed by atoms with van der Waals surface area (Å²) in [5.74, 6) is 0.249. The van der Waals surface area contributed by atoms with Crippen molar-refractivity contribution in [1.29, 1.82) is 0 Å². The minimum Gasteiger partial charge on any atom is -0.306 e. The van der Waals surface area contributed by atoms with Crippen LogP contribution in [0.3, 0.4) is 0 Å². The van der Waals surface area contributed by atoms with Gasteiger partial charge in [-0.05, 0) is 11.6 Å². The Morgan fingerprint density at radius 2 is 1.94 bits per heavy atom. The number of benzene rings is 1. The number of amides is 1. The molecule has 5 heteroatoms. The molecule has 1 aliphatic rings. The van der Waals surface area contributed by atoms with Crippen LogP contribution in [0.15, 0.2) is 36.7 Å². The predicted molar refractivity (Wildman–Crippen MR) is 70.0 cm³/mol. The SMILES string of the molecule is O=C1Nc2ncnc(Cl)c2/C1=C/c1ccccc1. The maximum Gasteiger partial charge on any atom is 0.257 e. The van der Waals surface area contributed by atoms with Gasteiger partial charge in [-0.3, -0.25) is 4.79 Å². The van der Waals surface area contributed by atoms with Gasteiger partial charge in [0.15, 0.2) is 0 Å². The van der Waals surface area contributed by atoms with Gasteiger partial charge < -0.3 is 5.32 Å². The highest BCUT2D eigenvalue weighted by Crippen LogP contribution is 2.35. The van der Waals surface area contributed by atoms with Crippen molar-refractivity contribution in [2.45, 2.75) is 0 Å². The quantitative estimate of drug-likeness (QED) is 0.631. The second-order valence-corrected chi connectivity index (χ2v) is 4.17. The molecule has 0 bridgehead atoms. The van der Waals surface area contributed by atoms with Crippen LogP contribution in [0.1, 0.15) is 11.1 Å². The molecule has 0 unspecified atom stereocenters. The van der Waals surface area contributed by atoms with Gasteiger partial charge in [0.1, 0.15) is 17.3 Å². The second-order valence-electron chi connectivity index (χ2n) is 3.81. The van der Waals surface area contributed by atoms with Crippen LogP contribution >= 0.6 is 11.6 Å². The summed E-state index contributed by atoms with van der Waals surface area (Å²) in [6.07, 6.45) is 3.10. The summed E-state index contributed by atoms with van der Waals surface area (Å²) in [5, 5.41) is 2.94. The van der Waals surface area contributed by atoms with Crippen molar-refractivity contribution in [3.8, 4) is 0 Å². The van der Waals surface area contributed by atoms with E-state index in [4.69, 9.17) is 11.6 Å². The van der Waals surface area contributed by atoms with E-state index in [1.807, 2.05) is 30.3 Å². The van der Waals surface area contributed by atoms with Crippen LogP contribution in [0.5, 0.6) is 0 Å². The van der Waals surface area contributed by atoms with E-state index < -0.39 is 0 Å². The topological polar surface area (TPSA) is 54.9 Å². The Bertz CT molecular complexity index is 653. The van der Waals surface area contributed by atoms with Crippen molar-refractivity contribution in [2.75, 3.05) is 5.32 Å². The summed E-state index contributed by atoms with van der Waals surface area (Å²) in [5.41, 5.74) is 1.98. The molecule has 88 valence electrons. The van der Waals surface area contributed by atoms with Crippen molar-refractivity contribution in [3.63, 3.8) is 0 Å². The first kappa shape index (κ1) is 10.9. The molecule has 4 nitrogen and oxygen atoms in total. The lowest BCUT2D eigenvalue weighted by molar-refractivity contribution is -0.110. The number of halogens is 1. The van der Waals surface area contributed by atoms with Crippen LogP contribution < -0.4 is 5.32 Å². The van der Waals surface area contributed by atoms with Gasteiger partial charge in [-0.2, -0.15) is 0 Å². The zero-order valence-corrected chi connectivity index (χ0v) is 9.98. The molecule has 0 radical (unpaired) electrons. The summed E-state index contributed by atoms with van der Waals surface area (Å²) >= 11 is 6.01. The highest BCUT2D eigenvalue weighted by atomic mass is 35.5. The van der Waals surface area contributed by atoms with Crippen LogP contribution in [0.2, 0.25) is 5.15 Å². The van der Waals surface area contributed by atoms with E-state index >= 15 is 0 Å². The Balaban J connectivity index is 2.15. The smallest absolute Gasteiger partial charge is 0.257 e. The molecule has 0 spiro atoms. The summed E-state index contributed by atoms with van der Waals surface area (Å²) in [7, 11) is 0. The standard InChI is InChI=1S/C13H8ClN3O/c14-11-10-9(6-8-4-2-1-3-5-8)13(18)17-12(10)16-7-15-11/h1-7H,(H,15,16,17,18)/b9-6-. The van der Waals surface area contributed by atoms with E-state index in [9.17, 15) is 4.79 Å². The first-order chi connectivity index (χ1) is 8.75. The largest absolute Gasteiger partial charge is 0.306 e. The first-order valence-electron chi connectivity index (χ1n) is 5.34. The van der Waals surface area contributed by atoms with Gasteiger partial charge in [0, 0.05) is 0 Å². The zero-order valence-electron chi connectivity index (χ0n) is 9.22. The van der Waals surface area contributed by atoms with Gasteiger partial charge in [-0.1, -0.05) is 41.9 Å². The molecule has 3 rings (SSSR count). The molecule has 2 heterocycles. The number of hydrogen-bond donors (Lipinski definition) is 1. The summed E-state index contributed by atoms with van der Waals surface area (Å²) < 4.78 is 0. The highest BCUT2D eigenvalue weighted by molar-refractivity contribution is 6.40. The molecule has 1 aliphatic heterocycles. The lowest BCUT2D eigenvalue weighted by Crippen LogP contribution is -2.04. The maximum atomic E-state index is 11.9. The van der Waals surface area contributed by atoms with Crippen LogP contribution in [0, 0.1) is 0 Å². The van der Waals surface area contributed by atoms with E-state index in [-0.39, 0.29) is 11.1 Å². The van der Waals surface area contributed by atoms with Crippen LogP contribution in [-0.2, 0) is 4.79 Å². The van der Waals surface area contributed by atoms with Crippen LogP contribution in [-0.4, -0.2) is 15.9 Å². The Hall–Kier alpha value is -2.20. The third kappa shape index (κ3) is 1.76. The predicted octanol–water partition coefficient (Wildman–Crippen LogP) is 2.62. The van der Waals surface area contributed by atoms with Crippen molar-refractivity contribution in [1.82, 2.24) is 9.97 Å². The molecule has 18 heavy (non-hydrogen) atoms. The van der Waals surface area contributed by atoms with E-state index in [2.05, 4.69) is 15.3 Å². The Morgan fingerprint density at radius 1 is 1.17 bits per heavy atom. The summed E-state index contributed by atoms with van der Waals surface area (Å²) in [6.45, 7) is 0. The van der Waals surface area contributed by atoms with Gasteiger partial charge in [-0.25, -0.2) is 9.97 Å². The lowest BCUT2D eigenvalue weighted by Gasteiger charge is -1.99. The molecule has 0 atom stereocenters. The number of anilines is 1. The molecular weight excluding hydrogens is 250 g/mol. The third-order valence-corrected chi connectivity index (χ3v) is 2.94. The van der Waals surface area contributed by atoms with Gasteiger partial charge in [0.25, 0.3) is 5.91 Å². The molecule has 2 aromatic rings. The number of aromatic nitrogens is 2. The van der Waals surface area contributed by atoms with Gasteiger partial charge in [0.2, 0.25) is 0 Å². The van der Waals surface area contributed by atoms with Crippen molar-refractivity contribution in [3.05, 3.63) is 52.9 Å². The van der Waals surface area contributed by atoms with Gasteiger partial charge >= 0.3 is 0 Å². The first-order valence-corrected chi connectivity index (χ1v) is 5.72. The fourth-order valence-electron chi connectivity index (χ4n) is 1.84. The zero-order chi connectivity index (χ0) is 12.5. The maximum absolute atomic E-state index is 11.9. The number of carbonyl (C=O) groups is 1. The van der Waals surface area contributed by atoms with Crippen molar-refractivity contribution < 1.29 is 4.79 Å². The number of nitrogens with one attached hydrogen (secondary N) is 1. The average molecular weight is 258 g/mol. The number of hydrogen-bond acceptors (Lipinski definition) is 3. The number of nitrogens with zero attached hydrogens (tertiary/aromatic N) is 2. The molecule has 1 aromatic carbocycles. The van der Waals surface area contributed by atoms with Crippen molar-refractivity contribution in [2.24, 2.45) is 0 Å². The molecule has 1 N–H and O–H groups in total. The van der Waals surface area contributed by atoms with E-state index in [1.54, 1.807) is 6.08 Å². The molecule has 0 fully saturated rings. The molecule has 1 aromatic heterocycles. The lowest BCUT2D eigenvalue weighted by atomic mass is 10.1. The van der Waals surface area contributed by atoms with Crippen LogP contribution in [0.25, 0.3) is 11.6 Å². The van der Waals surface area contributed by atoms with Crippen LogP contribution in [0.4, 0.5) is 5.82 Å². The number of carbonyl (C=O) groups excluding carboxylic acids is 1. The third-order valence-electron chi connectivity index (χ3n) is 2.66. The fourth-order valence-corrected chi connectivity index (χ4v) is 2.07. The van der Waals surface area contributed by atoms with Crippen molar-refractivity contribution >= 4 is 35.0 Å². The highest BCUT2D eigenvalue weighted by Gasteiger charge is 2.28. The molecule has 0 aliphatic carbocycles. The average Bonchev–Trinajstić information content (AvgIpc) is 2.69. The molecular formula is C13H8ClN3O. The fraction of sp³-hybridized carbons (Fsp3) is 0. The minimum atomic E-state index is -0.212. The minimum absolute atomic E-state index is 0.212. The number of rotatable bonds is 1. The summed E-state index contributed by atoms with van der Waals surface area (Å²) in [4.78, 5) is 19.8. The second kappa shape index (κ2) is 4.23. The van der Waals surface area contributed by atoms with E-state index in [0.717, 1.165) is 5.56 Å². The molecule has 0 saturated heterocycles. The molecule has 1 amide bonds. The normalized spacial score (nSPS) is 15.6. The van der Waals surface area contributed by atoms with Gasteiger partial charge in [-0.15, -0.1) is 0 Å². The van der Waals surface area contributed by atoms with E-state index in [1.165, 1.54) is 6.33 Å². The Kier molecular flexibility index (Phi) is 2.57. The number of fused-ring (bicyclic) bond motifs is 1. The van der Waals surface area contributed by atoms with Gasteiger partial charge in [0.05, 0.1) is 11.1 Å². The molecule has 0 saturated carbocycles. The summed E-state index contributed by atoms with van der Waals surface area (Å²) in [6, 6.07) is 9.55.